The Labute approximate surface area is 156 Å². The molecule has 1 N–H and O–H groups in total. The van der Waals surface area contributed by atoms with E-state index in [2.05, 4.69) is 15.8 Å². The van der Waals surface area contributed by atoms with Crippen molar-refractivity contribution in [3.63, 3.8) is 0 Å². The third-order valence-electron chi connectivity index (χ3n) is 4.70. The van der Waals surface area contributed by atoms with Crippen LogP contribution in [-0.4, -0.2) is 38.2 Å². The number of likely N-dealkylation sites (tertiary alicyclic amines) is 1. The molecule has 1 aromatic carbocycles. The number of sulfonamides is 1. The summed E-state index contributed by atoms with van der Waals surface area (Å²) in [4.78, 5) is 20.4. The normalized spacial score (nSPS) is 22.4. The van der Waals surface area contributed by atoms with Gasteiger partial charge in [0.25, 0.3) is 10.0 Å². The lowest BCUT2D eigenvalue weighted by Gasteiger charge is -2.23. The van der Waals surface area contributed by atoms with Crippen molar-refractivity contribution in [3.05, 3.63) is 52.2 Å². The summed E-state index contributed by atoms with van der Waals surface area (Å²) in [5.41, 5.74) is 0.567. The Balaban J connectivity index is 1.44. The third-order valence-corrected chi connectivity index (χ3v) is 7.07. The Morgan fingerprint density at radius 2 is 2.12 bits per heavy atom. The molecule has 2 aromatic rings. The first-order chi connectivity index (χ1) is 12.6. The zero-order valence-corrected chi connectivity index (χ0v) is 15.7. The van der Waals surface area contributed by atoms with Crippen molar-refractivity contribution < 1.29 is 13.2 Å². The number of hydrogen-bond donors (Lipinski definition) is 1. The van der Waals surface area contributed by atoms with Crippen molar-refractivity contribution in [1.29, 1.82) is 0 Å². The lowest BCUT2D eigenvalue weighted by Crippen LogP contribution is -2.30. The van der Waals surface area contributed by atoms with Crippen LogP contribution in [0.25, 0.3) is 0 Å². The summed E-state index contributed by atoms with van der Waals surface area (Å²) in [6.45, 7) is 1.03. The van der Waals surface area contributed by atoms with Gasteiger partial charge >= 0.3 is 0 Å². The maximum atomic E-state index is 12.6. The topological polar surface area (TPSA) is 78.8 Å². The lowest BCUT2D eigenvalue weighted by molar-refractivity contribution is -0.131. The molecule has 0 radical (unpaired) electrons. The van der Waals surface area contributed by atoms with Crippen LogP contribution in [0, 0.1) is 0 Å². The van der Waals surface area contributed by atoms with Gasteiger partial charge in [0, 0.05) is 23.4 Å². The maximum absolute atomic E-state index is 12.6. The summed E-state index contributed by atoms with van der Waals surface area (Å²) in [5, 5.41) is 2.03. The first kappa shape index (κ1) is 17.2. The number of rotatable bonds is 4. The molecule has 2 aliphatic rings. The molecule has 1 saturated heterocycles. The van der Waals surface area contributed by atoms with E-state index in [0.717, 1.165) is 19.4 Å². The largest absolute Gasteiger partial charge is 0.335 e. The number of amidine groups is 1. The van der Waals surface area contributed by atoms with Gasteiger partial charge in [-0.1, -0.05) is 18.2 Å². The Morgan fingerprint density at radius 1 is 1.27 bits per heavy atom. The summed E-state index contributed by atoms with van der Waals surface area (Å²) in [6, 6.07) is 11.0. The van der Waals surface area contributed by atoms with Crippen LogP contribution in [0.2, 0.25) is 0 Å². The summed E-state index contributed by atoms with van der Waals surface area (Å²) in [6.07, 6.45) is 2.28. The van der Waals surface area contributed by atoms with Gasteiger partial charge in [-0.2, -0.15) is 0 Å². The minimum Gasteiger partial charge on any atom is -0.335 e. The predicted molar refractivity (Wildman–Crippen MR) is 101 cm³/mol. The molecule has 6 nitrogen and oxygen atoms in total. The van der Waals surface area contributed by atoms with Crippen LogP contribution in [0.5, 0.6) is 0 Å². The lowest BCUT2D eigenvalue weighted by atomic mass is 10.2. The fourth-order valence-electron chi connectivity index (χ4n) is 3.50. The molecule has 136 valence electrons. The smallest absolute Gasteiger partial charge is 0.263 e. The van der Waals surface area contributed by atoms with E-state index in [1.54, 1.807) is 35.6 Å². The SMILES string of the molecule is O=C(CCN=C1NS(=O)(=O)c2ccccc21)N1CCC[C@@H]1c1cccs1. The van der Waals surface area contributed by atoms with E-state index in [1.807, 2.05) is 16.3 Å². The second kappa shape index (κ2) is 6.85. The van der Waals surface area contributed by atoms with Crippen LogP contribution in [0.15, 0.2) is 51.7 Å². The standard InChI is InChI=1S/C18H19N3O3S2/c22-17(21-11-3-6-14(21)15-7-4-12-25-15)9-10-19-18-13-5-1-2-8-16(13)26(23,24)20-18/h1-2,4-5,7-8,12,14H,3,6,9-11H2,(H,19,20)/t14-/m1/s1. The molecule has 26 heavy (non-hydrogen) atoms. The van der Waals surface area contributed by atoms with Crippen molar-refractivity contribution >= 4 is 33.1 Å². The highest BCUT2D eigenvalue weighted by Crippen LogP contribution is 2.34. The number of amides is 1. The van der Waals surface area contributed by atoms with Gasteiger partial charge in [-0.15, -0.1) is 11.3 Å². The molecule has 4 rings (SSSR count). The molecule has 0 spiro atoms. The molecular weight excluding hydrogens is 370 g/mol. The number of nitrogens with zero attached hydrogens (tertiary/aromatic N) is 2. The molecular formula is C18H19N3O3S2. The molecule has 0 saturated carbocycles. The zero-order chi connectivity index (χ0) is 18.1. The number of thiophene rings is 1. The maximum Gasteiger partial charge on any atom is 0.263 e. The van der Waals surface area contributed by atoms with Crippen LogP contribution in [0.1, 0.15) is 35.7 Å². The van der Waals surface area contributed by atoms with Crippen molar-refractivity contribution in [2.24, 2.45) is 4.99 Å². The number of benzene rings is 1. The highest BCUT2D eigenvalue weighted by molar-refractivity contribution is 7.90. The molecule has 8 heteroatoms. The number of hydrogen-bond acceptors (Lipinski definition) is 5. The first-order valence-electron chi connectivity index (χ1n) is 8.56. The Bertz CT molecular complexity index is 952. The summed E-state index contributed by atoms with van der Waals surface area (Å²) < 4.78 is 26.6. The average Bonchev–Trinajstić information content (AvgIpc) is 3.34. The van der Waals surface area contributed by atoms with Crippen molar-refractivity contribution in [2.45, 2.75) is 30.2 Å². The molecule has 0 bridgehead atoms. The van der Waals surface area contributed by atoms with E-state index >= 15 is 0 Å². The molecule has 2 aliphatic heterocycles. The number of carbonyl (C=O) groups is 1. The predicted octanol–water partition coefficient (Wildman–Crippen LogP) is 2.54. The van der Waals surface area contributed by atoms with Gasteiger partial charge in [0.2, 0.25) is 5.91 Å². The van der Waals surface area contributed by atoms with E-state index in [9.17, 15) is 13.2 Å². The quantitative estimate of drug-likeness (QED) is 0.873. The molecule has 0 aliphatic carbocycles. The van der Waals surface area contributed by atoms with Crippen LogP contribution >= 0.6 is 11.3 Å². The van der Waals surface area contributed by atoms with Gasteiger partial charge in [-0.05, 0) is 36.4 Å². The van der Waals surface area contributed by atoms with Crippen molar-refractivity contribution in [1.82, 2.24) is 9.62 Å². The Kier molecular flexibility index (Phi) is 4.54. The van der Waals surface area contributed by atoms with E-state index in [4.69, 9.17) is 0 Å². The van der Waals surface area contributed by atoms with Crippen molar-refractivity contribution in [2.75, 3.05) is 13.1 Å². The van der Waals surface area contributed by atoms with Gasteiger partial charge in [0.1, 0.15) is 5.84 Å². The van der Waals surface area contributed by atoms with E-state index in [-0.39, 0.29) is 29.8 Å². The zero-order valence-electron chi connectivity index (χ0n) is 14.1. The van der Waals surface area contributed by atoms with E-state index in [1.165, 1.54) is 4.88 Å². The number of fused-ring (bicyclic) bond motifs is 1. The molecule has 0 unspecified atom stereocenters. The minimum absolute atomic E-state index is 0.0689. The first-order valence-corrected chi connectivity index (χ1v) is 10.9. The van der Waals surface area contributed by atoms with Gasteiger partial charge < -0.3 is 4.90 Å². The minimum atomic E-state index is -3.53. The van der Waals surface area contributed by atoms with Crippen molar-refractivity contribution in [3.8, 4) is 0 Å². The Hall–Kier alpha value is -2.19. The van der Waals surface area contributed by atoms with Crippen LogP contribution in [0.3, 0.4) is 0 Å². The summed E-state index contributed by atoms with van der Waals surface area (Å²) in [5.74, 6) is 0.393. The highest BCUT2D eigenvalue weighted by atomic mass is 32.2. The fourth-order valence-corrected chi connectivity index (χ4v) is 5.62. The number of carbonyl (C=O) groups excluding carboxylic acids is 1. The average molecular weight is 390 g/mol. The van der Waals surface area contributed by atoms with Gasteiger partial charge in [0.05, 0.1) is 17.5 Å². The molecule has 1 atom stereocenters. The van der Waals surface area contributed by atoms with Crippen LogP contribution in [-0.2, 0) is 14.8 Å². The number of nitrogens with one attached hydrogen (secondary N) is 1. The van der Waals surface area contributed by atoms with Crippen LogP contribution in [0.4, 0.5) is 0 Å². The second-order valence-corrected chi connectivity index (χ2v) is 8.97. The van der Waals surface area contributed by atoms with Crippen LogP contribution < -0.4 is 4.72 Å². The third kappa shape index (κ3) is 3.14. The van der Waals surface area contributed by atoms with Gasteiger partial charge in [0.15, 0.2) is 0 Å². The molecule has 1 fully saturated rings. The molecule has 1 aromatic heterocycles. The second-order valence-electron chi connectivity index (χ2n) is 6.34. The Morgan fingerprint density at radius 3 is 2.92 bits per heavy atom. The summed E-state index contributed by atoms with van der Waals surface area (Å²) in [7, 11) is -3.53. The highest BCUT2D eigenvalue weighted by Gasteiger charge is 2.31. The van der Waals surface area contributed by atoms with Gasteiger partial charge in [-0.25, -0.2) is 8.42 Å². The molecule has 3 heterocycles. The van der Waals surface area contributed by atoms with Gasteiger partial charge in [-0.3, -0.25) is 14.5 Å². The van der Waals surface area contributed by atoms with E-state index < -0.39 is 10.0 Å². The molecule has 1 amide bonds. The summed E-state index contributed by atoms with van der Waals surface area (Å²) >= 11 is 1.68. The van der Waals surface area contributed by atoms with E-state index in [0.29, 0.717) is 11.4 Å². The number of aliphatic imine (C=N–C) groups is 1. The fraction of sp³-hybridized carbons (Fsp3) is 0.333. The monoisotopic (exact) mass is 389 g/mol.